The molecule has 2 aromatic heterocycles. The van der Waals surface area contributed by atoms with Gasteiger partial charge in [-0.05, 0) is 47.0 Å². The van der Waals surface area contributed by atoms with Crippen LogP contribution in [0.3, 0.4) is 0 Å². The van der Waals surface area contributed by atoms with Gasteiger partial charge in [0.25, 0.3) is 0 Å². The van der Waals surface area contributed by atoms with E-state index in [0.29, 0.717) is 22.8 Å². The van der Waals surface area contributed by atoms with E-state index < -0.39 is 6.04 Å². The zero-order valence-electron chi connectivity index (χ0n) is 16.1. The van der Waals surface area contributed by atoms with Crippen molar-refractivity contribution in [3.63, 3.8) is 0 Å². The van der Waals surface area contributed by atoms with Crippen LogP contribution < -0.4 is 10.6 Å². The number of aromatic nitrogens is 2. The van der Waals surface area contributed by atoms with Gasteiger partial charge >= 0.3 is 0 Å². The van der Waals surface area contributed by atoms with Crippen molar-refractivity contribution in [2.75, 3.05) is 5.32 Å². The van der Waals surface area contributed by atoms with Crippen molar-refractivity contribution >= 4 is 39.9 Å². The second kappa shape index (κ2) is 7.35. The maximum atomic E-state index is 12.8. The molecular weight excluding hydrogens is 396 g/mol. The first kappa shape index (κ1) is 18.5. The van der Waals surface area contributed by atoms with Gasteiger partial charge in [-0.1, -0.05) is 42.4 Å². The number of anilines is 1. The highest BCUT2D eigenvalue weighted by molar-refractivity contribution is 6.31. The second-order valence-electron chi connectivity index (χ2n) is 7.35. The van der Waals surface area contributed by atoms with Crippen LogP contribution in [0.15, 0.2) is 73.6 Å². The van der Waals surface area contributed by atoms with E-state index in [1.54, 1.807) is 24.4 Å². The molecule has 0 spiro atoms. The Kier molecular flexibility index (Phi) is 4.52. The fourth-order valence-electron chi connectivity index (χ4n) is 3.86. The van der Waals surface area contributed by atoms with Crippen LogP contribution in [0.25, 0.3) is 27.9 Å². The van der Waals surface area contributed by atoms with E-state index >= 15 is 0 Å². The van der Waals surface area contributed by atoms with E-state index in [0.717, 1.165) is 33.3 Å². The van der Waals surface area contributed by atoms with Crippen molar-refractivity contribution in [2.24, 2.45) is 0 Å². The number of hydrogen-bond acceptors (Lipinski definition) is 3. The molecule has 5 nitrogen and oxygen atoms in total. The summed E-state index contributed by atoms with van der Waals surface area (Å²) in [5, 5.41) is 7.91. The number of nitrogens with one attached hydrogen (secondary N) is 3. The zero-order chi connectivity index (χ0) is 20.7. The molecule has 1 atom stereocenters. The number of nitrogens with zero attached hydrogens (tertiary/aromatic N) is 1. The third kappa shape index (κ3) is 3.33. The van der Waals surface area contributed by atoms with E-state index in [-0.39, 0.29) is 5.91 Å². The fourth-order valence-corrected chi connectivity index (χ4v) is 4.03. The summed E-state index contributed by atoms with van der Waals surface area (Å²) < 4.78 is 0. The highest BCUT2D eigenvalue weighted by atomic mass is 35.5. The molecule has 30 heavy (non-hydrogen) atoms. The summed E-state index contributed by atoms with van der Waals surface area (Å²) in [6, 6.07) is 17.3. The zero-order valence-corrected chi connectivity index (χ0v) is 16.8. The summed E-state index contributed by atoms with van der Waals surface area (Å²) in [5.74, 6) is -0.0931. The Morgan fingerprint density at radius 3 is 2.70 bits per heavy atom. The monoisotopic (exact) mass is 414 g/mol. The molecule has 1 aliphatic heterocycles. The van der Waals surface area contributed by atoms with Crippen LogP contribution in [0, 0.1) is 0 Å². The van der Waals surface area contributed by atoms with Gasteiger partial charge in [-0.15, -0.1) is 0 Å². The number of pyridine rings is 1. The lowest BCUT2D eigenvalue weighted by atomic mass is 9.99. The summed E-state index contributed by atoms with van der Waals surface area (Å²) in [4.78, 5) is 20.2. The number of aromatic amines is 1. The molecule has 1 unspecified atom stereocenters. The van der Waals surface area contributed by atoms with Crippen LogP contribution >= 0.6 is 11.6 Å². The molecule has 0 fully saturated rings. The Bertz CT molecular complexity index is 1280. The van der Waals surface area contributed by atoms with Gasteiger partial charge in [0.05, 0.1) is 5.69 Å². The number of carbonyl (C=O) groups excluding carboxylic acids is 1. The predicted octanol–water partition coefficient (Wildman–Crippen LogP) is 5.01. The minimum absolute atomic E-state index is 0.0931. The molecule has 148 valence electrons. The van der Waals surface area contributed by atoms with Gasteiger partial charge < -0.3 is 15.6 Å². The molecule has 1 amide bonds. The summed E-state index contributed by atoms with van der Waals surface area (Å²) >= 11 is 6.10. The molecule has 3 heterocycles. The van der Waals surface area contributed by atoms with E-state index in [1.807, 2.05) is 18.3 Å². The van der Waals surface area contributed by atoms with Gasteiger partial charge in [0.15, 0.2) is 0 Å². The minimum atomic E-state index is -0.424. The summed E-state index contributed by atoms with van der Waals surface area (Å²) in [7, 11) is 0. The minimum Gasteiger partial charge on any atom is -0.373 e. The smallest absolute Gasteiger partial charge is 0.247 e. The van der Waals surface area contributed by atoms with Gasteiger partial charge in [-0.2, -0.15) is 0 Å². The topological polar surface area (TPSA) is 69.8 Å². The van der Waals surface area contributed by atoms with Crippen LogP contribution in [-0.2, 0) is 11.2 Å². The molecule has 1 aliphatic rings. The predicted molar refractivity (Wildman–Crippen MR) is 121 cm³/mol. The van der Waals surface area contributed by atoms with E-state index in [4.69, 9.17) is 11.6 Å². The number of benzene rings is 2. The van der Waals surface area contributed by atoms with E-state index in [1.165, 1.54) is 0 Å². The van der Waals surface area contributed by atoms with Crippen LogP contribution in [0.2, 0.25) is 5.02 Å². The van der Waals surface area contributed by atoms with Gasteiger partial charge in [0.1, 0.15) is 11.7 Å². The Balaban J connectivity index is 1.38. The van der Waals surface area contributed by atoms with Crippen molar-refractivity contribution in [2.45, 2.75) is 12.5 Å². The molecule has 6 heteroatoms. The van der Waals surface area contributed by atoms with Crippen LogP contribution in [0.1, 0.15) is 11.1 Å². The highest BCUT2D eigenvalue weighted by Crippen LogP contribution is 2.29. The van der Waals surface area contributed by atoms with Gasteiger partial charge in [-0.25, -0.2) is 4.98 Å². The lowest BCUT2D eigenvalue weighted by Gasteiger charge is -2.17. The van der Waals surface area contributed by atoms with Crippen molar-refractivity contribution < 1.29 is 4.79 Å². The van der Waals surface area contributed by atoms with E-state index in [9.17, 15) is 4.79 Å². The van der Waals surface area contributed by atoms with Gasteiger partial charge in [0.2, 0.25) is 5.91 Å². The number of carbonyl (C=O) groups is 1. The molecule has 2 aromatic carbocycles. The third-order valence-corrected chi connectivity index (χ3v) is 5.63. The number of rotatable bonds is 3. The average Bonchev–Trinajstić information content (AvgIpc) is 3.20. The lowest BCUT2D eigenvalue weighted by molar-refractivity contribution is -0.117. The molecule has 0 aliphatic carbocycles. The van der Waals surface area contributed by atoms with Crippen molar-refractivity contribution in [1.29, 1.82) is 0 Å². The number of H-pyrrole nitrogens is 1. The normalized spacial score (nSPS) is 16.0. The molecule has 0 saturated heterocycles. The molecule has 0 bridgehead atoms. The van der Waals surface area contributed by atoms with Crippen molar-refractivity contribution in [3.8, 4) is 11.1 Å². The Hall–Kier alpha value is -3.57. The van der Waals surface area contributed by atoms with Crippen molar-refractivity contribution in [1.82, 2.24) is 15.3 Å². The number of amides is 1. The molecule has 0 saturated carbocycles. The lowest BCUT2D eigenvalue weighted by Crippen LogP contribution is -2.39. The number of halogens is 1. The largest absolute Gasteiger partial charge is 0.373 e. The average molecular weight is 415 g/mol. The maximum Gasteiger partial charge on any atom is 0.247 e. The van der Waals surface area contributed by atoms with Gasteiger partial charge in [0, 0.05) is 40.5 Å². The molecular formula is C24H19ClN4O. The number of fused-ring (bicyclic) bond motifs is 2. The first-order valence-corrected chi connectivity index (χ1v) is 10.0. The summed E-state index contributed by atoms with van der Waals surface area (Å²) in [5.41, 5.74) is 6.36. The molecule has 3 N–H and O–H groups in total. The standard InChI is InChI=1S/C24H19ClN4O/c1-14-20-13-17(25)6-7-21(20)29-24(30)22(28-14)12-15-2-4-16(5-3-15)18-8-10-26-23-19(18)9-11-27-23/h2-11,13,22,28H,1,12H2,(H,26,27)(H,29,30). The highest BCUT2D eigenvalue weighted by Gasteiger charge is 2.25. The summed E-state index contributed by atoms with van der Waals surface area (Å²) in [6.07, 6.45) is 4.24. The fraction of sp³-hybridized carbons (Fsp3) is 0.0833. The quantitative estimate of drug-likeness (QED) is 0.441. The van der Waals surface area contributed by atoms with Crippen LogP contribution in [0.4, 0.5) is 5.69 Å². The van der Waals surface area contributed by atoms with Crippen molar-refractivity contribution in [3.05, 3.63) is 89.7 Å². The van der Waals surface area contributed by atoms with Crippen LogP contribution in [0.5, 0.6) is 0 Å². The second-order valence-corrected chi connectivity index (χ2v) is 7.79. The third-order valence-electron chi connectivity index (χ3n) is 5.39. The van der Waals surface area contributed by atoms with Crippen LogP contribution in [-0.4, -0.2) is 21.9 Å². The Morgan fingerprint density at radius 1 is 1.03 bits per heavy atom. The van der Waals surface area contributed by atoms with Gasteiger partial charge in [-0.3, -0.25) is 4.79 Å². The first-order valence-electron chi connectivity index (χ1n) is 9.66. The first-order chi connectivity index (χ1) is 14.6. The maximum absolute atomic E-state index is 12.8. The Labute approximate surface area is 178 Å². The van der Waals surface area contributed by atoms with E-state index in [2.05, 4.69) is 51.4 Å². The molecule has 4 aromatic rings. The molecule has 0 radical (unpaired) electrons. The number of hydrogen-bond donors (Lipinski definition) is 3. The molecule has 5 rings (SSSR count). The SMILES string of the molecule is C=C1NC(Cc2ccc(-c3ccnc4[nH]ccc34)cc2)C(=O)Nc2ccc(Cl)cc21. The summed E-state index contributed by atoms with van der Waals surface area (Å²) in [6.45, 7) is 4.09. The Morgan fingerprint density at radius 2 is 1.87 bits per heavy atom.